The molecule has 1 unspecified atom stereocenters. The van der Waals surface area contributed by atoms with Gasteiger partial charge in [0.1, 0.15) is 0 Å². The van der Waals surface area contributed by atoms with Gasteiger partial charge >= 0.3 is 0 Å². The van der Waals surface area contributed by atoms with Crippen molar-refractivity contribution in [3.63, 3.8) is 0 Å². The Morgan fingerprint density at radius 2 is 1.84 bits per heavy atom. The molecule has 1 saturated heterocycles. The van der Waals surface area contributed by atoms with Gasteiger partial charge in [-0.05, 0) is 62.0 Å². The van der Waals surface area contributed by atoms with Gasteiger partial charge in [-0.1, -0.05) is 30.3 Å². The highest BCUT2D eigenvalue weighted by molar-refractivity contribution is 5.76. The highest BCUT2D eigenvalue weighted by atomic mass is 16.1. The largest absolute Gasteiger partial charge is 0.350 e. The molecule has 0 saturated carbocycles. The SMILES string of the molecule is CC(NC(=O)CCN1CCC(c2ccncc2)CC1)c1ccccc1. The van der Waals surface area contributed by atoms with E-state index in [2.05, 4.69) is 39.5 Å². The number of amides is 1. The number of aromatic nitrogens is 1. The van der Waals surface area contributed by atoms with Crippen molar-refractivity contribution in [1.29, 1.82) is 0 Å². The number of piperidine rings is 1. The van der Waals surface area contributed by atoms with E-state index in [1.807, 2.05) is 37.5 Å². The number of benzene rings is 1. The zero-order valence-corrected chi connectivity index (χ0v) is 14.9. The molecule has 2 aromatic rings. The summed E-state index contributed by atoms with van der Waals surface area (Å²) in [6.07, 6.45) is 6.63. The minimum atomic E-state index is 0.0612. The molecule has 4 heteroatoms. The normalized spacial score (nSPS) is 17.2. The van der Waals surface area contributed by atoms with Gasteiger partial charge in [0.2, 0.25) is 5.91 Å². The van der Waals surface area contributed by atoms with Crippen LogP contribution in [0.4, 0.5) is 0 Å². The van der Waals surface area contributed by atoms with Crippen molar-refractivity contribution >= 4 is 5.91 Å². The smallest absolute Gasteiger partial charge is 0.221 e. The number of likely N-dealkylation sites (tertiary alicyclic amines) is 1. The van der Waals surface area contributed by atoms with Crippen molar-refractivity contribution in [2.45, 2.75) is 38.1 Å². The molecule has 1 atom stereocenters. The third-order valence-electron chi connectivity index (χ3n) is 5.10. The number of hydrogen-bond donors (Lipinski definition) is 1. The summed E-state index contributed by atoms with van der Waals surface area (Å²) in [7, 11) is 0. The molecule has 25 heavy (non-hydrogen) atoms. The molecule has 1 N–H and O–H groups in total. The van der Waals surface area contributed by atoms with Gasteiger partial charge in [0.15, 0.2) is 0 Å². The van der Waals surface area contributed by atoms with E-state index in [9.17, 15) is 4.79 Å². The summed E-state index contributed by atoms with van der Waals surface area (Å²) in [6.45, 7) is 5.01. The number of rotatable bonds is 6. The van der Waals surface area contributed by atoms with Gasteiger partial charge in [-0.25, -0.2) is 0 Å². The predicted molar refractivity (Wildman–Crippen MR) is 100 cm³/mol. The maximum absolute atomic E-state index is 12.2. The van der Waals surface area contributed by atoms with Crippen LogP contribution in [0.5, 0.6) is 0 Å². The molecule has 0 aliphatic carbocycles. The second-order valence-corrected chi connectivity index (χ2v) is 6.85. The van der Waals surface area contributed by atoms with E-state index in [0.29, 0.717) is 12.3 Å². The first-order valence-electron chi connectivity index (χ1n) is 9.19. The Labute approximate surface area is 150 Å². The van der Waals surface area contributed by atoms with Gasteiger partial charge in [0, 0.05) is 25.4 Å². The number of hydrogen-bond acceptors (Lipinski definition) is 3. The number of carbonyl (C=O) groups is 1. The van der Waals surface area contributed by atoms with Crippen molar-refractivity contribution in [3.8, 4) is 0 Å². The third-order valence-corrected chi connectivity index (χ3v) is 5.10. The van der Waals surface area contributed by atoms with Gasteiger partial charge in [0.05, 0.1) is 6.04 Å². The second-order valence-electron chi connectivity index (χ2n) is 6.85. The first-order valence-corrected chi connectivity index (χ1v) is 9.19. The molecule has 1 aromatic carbocycles. The average Bonchev–Trinajstić information content (AvgIpc) is 2.68. The molecular weight excluding hydrogens is 310 g/mol. The molecule has 1 fully saturated rings. The minimum absolute atomic E-state index is 0.0612. The van der Waals surface area contributed by atoms with E-state index in [4.69, 9.17) is 0 Å². The molecule has 0 bridgehead atoms. The molecule has 1 aliphatic heterocycles. The standard InChI is InChI=1S/C21H27N3O/c1-17(18-5-3-2-4-6-18)23-21(25)11-16-24-14-9-20(10-15-24)19-7-12-22-13-8-19/h2-8,12-13,17,20H,9-11,14-16H2,1H3,(H,23,25). The predicted octanol–water partition coefficient (Wildman–Crippen LogP) is 3.53. The number of carbonyl (C=O) groups excluding carboxylic acids is 1. The highest BCUT2D eigenvalue weighted by Gasteiger charge is 2.21. The fraction of sp³-hybridized carbons (Fsp3) is 0.429. The van der Waals surface area contributed by atoms with Crippen LogP contribution >= 0.6 is 0 Å². The van der Waals surface area contributed by atoms with Crippen LogP contribution in [-0.4, -0.2) is 35.4 Å². The van der Waals surface area contributed by atoms with Crippen LogP contribution in [-0.2, 0) is 4.79 Å². The topological polar surface area (TPSA) is 45.2 Å². The average molecular weight is 337 g/mol. The van der Waals surface area contributed by atoms with E-state index in [-0.39, 0.29) is 11.9 Å². The Morgan fingerprint density at radius 1 is 1.16 bits per heavy atom. The van der Waals surface area contributed by atoms with Gasteiger partial charge in [-0.3, -0.25) is 9.78 Å². The Hall–Kier alpha value is -2.20. The summed E-state index contributed by atoms with van der Waals surface area (Å²) < 4.78 is 0. The van der Waals surface area contributed by atoms with E-state index in [1.54, 1.807) is 0 Å². The summed E-state index contributed by atoms with van der Waals surface area (Å²) in [6, 6.07) is 14.4. The van der Waals surface area contributed by atoms with Crippen molar-refractivity contribution in [2.24, 2.45) is 0 Å². The molecular formula is C21H27N3O. The zero-order chi connectivity index (χ0) is 17.5. The third kappa shape index (κ3) is 5.13. The quantitative estimate of drug-likeness (QED) is 0.877. The molecule has 2 heterocycles. The zero-order valence-electron chi connectivity index (χ0n) is 14.9. The number of nitrogens with one attached hydrogen (secondary N) is 1. The van der Waals surface area contributed by atoms with Crippen LogP contribution in [0.2, 0.25) is 0 Å². The second kappa shape index (κ2) is 8.77. The van der Waals surface area contributed by atoms with E-state index >= 15 is 0 Å². The summed E-state index contributed by atoms with van der Waals surface area (Å²) in [5.74, 6) is 0.763. The molecule has 1 aromatic heterocycles. The number of pyridine rings is 1. The maximum Gasteiger partial charge on any atom is 0.221 e. The lowest BCUT2D eigenvalue weighted by atomic mass is 9.90. The molecule has 0 radical (unpaired) electrons. The van der Waals surface area contributed by atoms with Gasteiger partial charge in [-0.2, -0.15) is 0 Å². The fourth-order valence-electron chi connectivity index (χ4n) is 3.52. The Morgan fingerprint density at radius 3 is 2.52 bits per heavy atom. The van der Waals surface area contributed by atoms with Crippen LogP contribution in [0.15, 0.2) is 54.9 Å². The fourth-order valence-corrected chi connectivity index (χ4v) is 3.52. The van der Waals surface area contributed by atoms with Crippen LogP contribution < -0.4 is 5.32 Å². The Bertz CT molecular complexity index is 651. The highest BCUT2D eigenvalue weighted by Crippen LogP contribution is 2.27. The van der Waals surface area contributed by atoms with E-state index in [0.717, 1.165) is 38.0 Å². The molecule has 1 amide bonds. The van der Waals surface area contributed by atoms with Gasteiger partial charge in [0.25, 0.3) is 0 Å². The maximum atomic E-state index is 12.2. The summed E-state index contributed by atoms with van der Waals surface area (Å²) in [5.41, 5.74) is 2.54. The van der Waals surface area contributed by atoms with Gasteiger partial charge < -0.3 is 10.2 Å². The first kappa shape index (κ1) is 17.6. The van der Waals surface area contributed by atoms with Crippen LogP contribution in [0.1, 0.15) is 49.3 Å². The van der Waals surface area contributed by atoms with Crippen LogP contribution in [0.25, 0.3) is 0 Å². The van der Waals surface area contributed by atoms with Crippen LogP contribution in [0.3, 0.4) is 0 Å². The molecule has 4 nitrogen and oxygen atoms in total. The Kier molecular flexibility index (Phi) is 6.18. The van der Waals surface area contributed by atoms with Gasteiger partial charge in [-0.15, -0.1) is 0 Å². The summed E-state index contributed by atoms with van der Waals surface area (Å²) >= 11 is 0. The van der Waals surface area contributed by atoms with Crippen molar-refractivity contribution in [2.75, 3.05) is 19.6 Å². The molecule has 3 rings (SSSR count). The van der Waals surface area contributed by atoms with Crippen LogP contribution in [0, 0.1) is 0 Å². The van der Waals surface area contributed by atoms with E-state index in [1.165, 1.54) is 5.56 Å². The summed E-state index contributed by atoms with van der Waals surface area (Å²) in [4.78, 5) is 18.7. The lowest BCUT2D eigenvalue weighted by Crippen LogP contribution is -2.36. The first-order chi connectivity index (χ1) is 12.2. The Balaban J connectivity index is 1.39. The lowest BCUT2D eigenvalue weighted by Gasteiger charge is -2.32. The van der Waals surface area contributed by atoms with Crippen molar-refractivity contribution < 1.29 is 4.79 Å². The number of nitrogens with zero attached hydrogens (tertiary/aromatic N) is 2. The molecule has 1 aliphatic rings. The monoisotopic (exact) mass is 337 g/mol. The lowest BCUT2D eigenvalue weighted by molar-refractivity contribution is -0.122. The molecule has 0 spiro atoms. The molecule has 132 valence electrons. The van der Waals surface area contributed by atoms with Crippen molar-refractivity contribution in [3.05, 3.63) is 66.0 Å². The minimum Gasteiger partial charge on any atom is -0.350 e. The van der Waals surface area contributed by atoms with E-state index < -0.39 is 0 Å². The summed E-state index contributed by atoms with van der Waals surface area (Å²) in [5, 5.41) is 3.10. The van der Waals surface area contributed by atoms with Crippen molar-refractivity contribution in [1.82, 2.24) is 15.2 Å².